The summed E-state index contributed by atoms with van der Waals surface area (Å²) in [6, 6.07) is 0. The van der Waals surface area contributed by atoms with Crippen LogP contribution in [0.3, 0.4) is 0 Å². The monoisotopic (exact) mass is 252 g/mol. The number of nitrogens with zero attached hydrogens (tertiary/aromatic N) is 4. The molecule has 1 aliphatic heterocycles. The first-order valence-corrected chi connectivity index (χ1v) is 5.99. The van der Waals surface area contributed by atoms with E-state index in [0.29, 0.717) is 18.8 Å². The Labute approximate surface area is 104 Å². The van der Waals surface area contributed by atoms with Crippen LogP contribution in [0.1, 0.15) is 25.6 Å². The van der Waals surface area contributed by atoms with E-state index in [9.17, 15) is 9.59 Å². The lowest BCUT2D eigenvalue weighted by Gasteiger charge is -2.30. The van der Waals surface area contributed by atoms with Crippen molar-refractivity contribution in [3.8, 4) is 0 Å². The van der Waals surface area contributed by atoms with Crippen molar-refractivity contribution in [2.45, 2.75) is 32.9 Å². The van der Waals surface area contributed by atoms with Gasteiger partial charge in [-0.25, -0.2) is 0 Å². The topological polar surface area (TPSA) is 88.3 Å². The molecule has 1 aromatic rings. The van der Waals surface area contributed by atoms with Crippen LogP contribution in [0.25, 0.3) is 0 Å². The van der Waals surface area contributed by atoms with E-state index in [0.717, 1.165) is 6.54 Å². The van der Waals surface area contributed by atoms with Gasteiger partial charge in [0.2, 0.25) is 5.91 Å². The fourth-order valence-corrected chi connectivity index (χ4v) is 2.11. The lowest BCUT2D eigenvalue weighted by molar-refractivity contribution is -0.147. The molecule has 18 heavy (non-hydrogen) atoms. The second-order valence-electron chi connectivity index (χ2n) is 4.38. The standard InChI is InChI=1S/C11H16N4O3/c1-2-14-7-12-13-9(14)6-15-5-8(11(17)18)3-4-10(15)16/h7-8H,2-6H2,1H3,(H,17,18). The zero-order valence-electron chi connectivity index (χ0n) is 10.2. The summed E-state index contributed by atoms with van der Waals surface area (Å²) in [4.78, 5) is 24.3. The number of likely N-dealkylation sites (tertiary alicyclic amines) is 1. The maximum Gasteiger partial charge on any atom is 0.308 e. The summed E-state index contributed by atoms with van der Waals surface area (Å²) in [5, 5.41) is 16.8. The van der Waals surface area contributed by atoms with Gasteiger partial charge in [-0.2, -0.15) is 0 Å². The van der Waals surface area contributed by atoms with E-state index in [-0.39, 0.29) is 18.9 Å². The molecule has 98 valence electrons. The lowest BCUT2D eigenvalue weighted by Crippen LogP contribution is -2.42. The molecule has 0 radical (unpaired) electrons. The molecule has 0 saturated carbocycles. The fraction of sp³-hybridized carbons (Fsp3) is 0.636. The Kier molecular flexibility index (Phi) is 3.59. The Morgan fingerprint density at radius 2 is 2.39 bits per heavy atom. The molecule has 1 N–H and O–H groups in total. The van der Waals surface area contributed by atoms with E-state index >= 15 is 0 Å². The van der Waals surface area contributed by atoms with E-state index in [1.807, 2.05) is 11.5 Å². The molecule has 0 bridgehead atoms. The summed E-state index contributed by atoms with van der Waals surface area (Å²) >= 11 is 0. The number of carboxylic acids is 1. The number of carboxylic acid groups (broad SMARTS) is 1. The van der Waals surface area contributed by atoms with Crippen LogP contribution in [0.2, 0.25) is 0 Å². The first kappa shape index (κ1) is 12.5. The summed E-state index contributed by atoms with van der Waals surface area (Å²) in [5.41, 5.74) is 0. The van der Waals surface area contributed by atoms with Crippen molar-refractivity contribution < 1.29 is 14.7 Å². The van der Waals surface area contributed by atoms with E-state index < -0.39 is 11.9 Å². The number of carbonyl (C=O) groups is 2. The number of aromatic nitrogens is 3. The van der Waals surface area contributed by atoms with Crippen LogP contribution in [0.5, 0.6) is 0 Å². The van der Waals surface area contributed by atoms with Crippen LogP contribution in [0, 0.1) is 5.92 Å². The highest BCUT2D eigenvalue weighted by molar-refractivity contribution is 5.80. The van der Waals surface area contributed by atoms with Crippen molar-refractivity contribution in [2.75, 3.05) is 6.54 Å². The molecule has 2 heterocycles. The summed E-state index contributed by atoms with van der Waals surface area (Å²) in [7, 11) is 0. The molecule has 1 atom stereocenters. The Morgan fingerprint density at radius 3 is 3.06 bits per heavy atom. The minimum atomic E-state index is -0.843. The molecular formula is C11H16N4O3. The first-order valence-electron chi connectivity index (χ1n) is 5.99. The molecular weight excluding hydrogens is 236 g/mol. The van der Waals surface area contributed by atoms with Gasteiger partial charge >= 0.3 is 5.97 Å². The fourth-order valence-electron chi connectivity index (χ4n) is 2.11. The summed E-state index contributed by atoms with van der Waals surface area (Å²) in [6.45, 7) is 3.28. The normalized spacial score (nSPS) is 20.2. The number of rotatable bonds is 4. The molecule has 2 rings (SSSR count). The van der Waals surface area contributed by atoms with Gasteiger partial charge in [0.25, 0.3) is 0 Å². The minimum Gasteiger partial charge on any atom is -0.481 e. The molecule has 7 nitrogen and oxygen atoms in total. The molecule has 0 spiro atoms. The van der Waals surface area contributed by atoms with Gasteiger partial charge in [-0.05, 0) is 13.3 Å². The highest BCUT2D eigenvalue weighted by atomic mass is 16.4. The van der Waals surface area contributed by atoms with Crippen LogP contribution < -0.4 is 0 Å². The SMILES string of the molecule is CCn1cnnc1CN1CC(C(=O)O)CCC1=O. The number of amides is 1. The molecule has 1 unspecified atom stereocenters. The molecule has 0 aliphatic carbocycles. The predicted octanol–water partition coefficient (Wildman–Crippen LogP) is 0.121. The second-order valence-corrected chi connectivity index (χ2v) is 4.38. The van der Waals surface area contributed by atoms with Crippen LogP contribution >= 0.6 is 0 Å². The molecule has 1 fully saturated rings. The quantitative estimate of drug-likeness (QED) is 0.822. The minimum absolute atomic E-state index is 0.0156. The van der Waals surface area contributed by atoms with Gasteiger partial charge in [0, 0.05) is 19.5 Å². The van der Waals surface area contributed by atoms with Crippen molar-refractivity contribution in [3.05, 3.63) is 12.2 Å². The Hall–Kier alpha value is -1.92. The van der Waals surface area contributed by atoms with Gasteiger partial charge in [0.15, 0.2) is 5.82 Å². The van der Waals surface area contributed by atoms with E-state index in [4.69, 9.17) is 5.11 Å². The van der Waals surface area contributed by atoms with Gasteiger partial charge in [-0.1, -0.05) is 0 Å². The van der Waals surface area contributed by atoms with E-state index in [2.05, 4.69) is 10.2 Å². The Balaban J connectivity index is 2.07. The third-order valence-electron chi connectivity index (χ3n) is 3.22. The smallest absolute Gasteiger partial charge is 0.308 e. The van der Waals surface area contributed by atoms with Crippen LogP contribution in [0.15, 0.2) is 6.33 Å². The van der Waals surface area contributed by atoms with Crippen molar-refractivity contribution >= 4 is 11.9 Å². The van der Waals surface area contributed by atoms with Crippen LogP contribution in [-0.2, 0) is 22.7 Å². The maximum absolute atomic E-state index is 11.8. The zero-order valence-corrected chi connectivity index (χ0v) is 10.2. The molecule has 7 heteroatoms. The van der Waals surface area contributed by atoms with Crippen molar-refractivity contribution in [1.82, 2.24) is 19.7 Å². The summed E-state index contributed by atoms with van der Waals surface area (Å²) < 4.78 is 1.84. The maximum atomic E-state index is 11.8. The van der Waals surface area contributed by atoms with Gasteiger partial charge in [0.05, 0.1) is 12.5 Å². The van der Waals surface area contributed by atoms with Crippen molar-refractivity contribution in [1.29, 1.82) is 0 Å². The van der Waals surface area contributed by atoms with Crippen molar-refractivity contribution in [2.24, 2.45) is 5.92 Å². The molecule has 0 aromatic carbocycles. The molecule has 1 amide bonds. The number of aryl methyl sites for hydroxylation is 1. The highest BCUT2D eigenvalue weighted by Gasteiger charge is 2.30. The average Bonchev–Trinajstić information content (AvgIpc) is 2.79. The summed E-state index contributed by atoms with van der Waals surface area (Å²) in [6.07, 6.45) is 2.32. The molecule has 1 aliphatic rings. The zero-order chi connectivity index (χ0) is 13.1. The number of hydrogen-bond acceptors (Lipinski definition) is 4. The third-order valence-corrected chi connectivity index (χ3v) is 3.22. The first-order chi connectivity index (χ1) is 8.61. The lowest BCUT2D eigenvalue weighted by atomic mass is 9.98. The average molecular weight is 252 g/mol. The number of aliphatic carboxylic acids is 1. The van der Waals surface area contributed by atoms with Gasteiger partial charge < -0.3 is 14.6 Å². The Morgan fingerprint density at radius 1 is 1.61 bits per heavy atom. The third kappa shape index (κ3) is 2.49. The van der Waals surface area contributed by atoms with Crippen LogP contribution in [0.4, 0.5) is 0 Å². The van der Waals surface area contributed by atoms with Gasteiger partial charge in [-0.15, -0.1) is 10.2 Å². The second kappa shape index (κ2) is 5.16. The van der Waals surface area contributed by atoms with Gasteiger partial charge in [-0.3, -0.25) is 9.59 Å². The van der Waals surface area contributed by atoms with Gasteiger partial charge in [0.1, 0.15) is 6.33 Å². The largest absolute Gasteiger partial charge is 0.481 e. The van der Waals surface area contributed by atoms with Crippen molar-refractivity contribution in [3.63, 3.8) is 0 Å². The summed E-state index contributed by atoms with van der Waals surface area (Å²) in [5.74, 6) is -0.639. The highest BCUT2D eigenvalue weighted by Crippen LogP contribution is 2.19. The number of carbonyl (C=O) groups excluding carboxylic acids is 1. The molecule has 1 saturated heterocycles. The van der Waals surface area contributed by atoms with Crippen LogP contribution in [-0.4, -0.2) is 43.2 Å². The Bertz CT molecular complexity index is 457. The van der Waals surface area contributed by atoms with E-state index in [1.165, 1.54) is 0 Å². The molecule has 1 aromatic heterocycles. The number of hydrogen-bond donors (Lipinski definition) is 1. The van der Waals surface area contributed by atoms with E-state index in [1.54, 1.807) is 11.2 Å². The predicted molar refractivity (Wildman–Crippen MR) is 61.5 cm³/mol. The number of piperidine rings is 1.